The summed E-state index contributed by atoms with van der Waals surface area (Å²) in [5.74, 6) is 1.42. The van der Waals surface area contributed by atoms with E-state index in [1.54, 1.807) is 0 Å². The normalized spacial score (nSPS) is 15.8. The van der Waals surface area contributed by atoms with Gasteiger partial charge in [0.15, 0.2) is 7.14 Å². The summed E-state index contributed by atoms with van der Waals surface area (Å²) < 4.78 is 22.8. The lowest BCUT2D eigenvalue weighted by Crippen LogP contribution is -2.33. The predicted molar refractivity (Wildman–Crippen MR) is 197 cm³/mol. The van der Waals surface area contributed by atoms with Crippen LogP contribution in [0.15, 0.2) is 182 Å². The van der Waals surface area contributed by atoms with Gasteiger partial charge in [0.2, 0.25) is 0 Å². The fourth-order valence-corrected chi connectivity index (χ4v) is 12.7. The molecule has 1 aliphatic rings. The van der Waals surface area contributed by atoms with Crippen LogP contribution in [0.2, 0.25) is 0 Å². The molecule has 6 heteroatoms. The van der Waals surface area contributed by atoms with E-state index in [9.17, 15) is 0 Å². The second kappa shape index (κ2) is 13.2. The summed E-state index contributed by atoms with van der Waals surface area (Å²) >= 11 is 6.66. The Bertz CT molecular complexity index is 1980. The highest BCUT2D eigenvalue weighted by Gasteiger charge is 2.39. The maximum Gasteiger partial charge on any atom is 0.174 e. The first-order valence-electron chi connectivity index (χ1n) is 15.3. The molecule has 6 aromatic rings. The first kappa shape index (κ1) is 30.4. The third-order valence-corrected chi connectivity index (χ3v) is 15.9. The van der Waals surface area contributed by atoms with Crippen molar-refractivity contribution in [3.05, 3.63) is 193 Å². The standard InChI is InChI=1S/C40H33NO2P2S/c42-44(32-20-8-2-9-21-32,33-22-10-3-11-23-33)40(31-18-6-1-7-19-31)39-30-37(36-28-16-17-29-38(36)43-39)41-45(46,34-24-12-4-13-25-34)35-26-14-5-15-27-35/h1-29,37H,30H2,(H,41,46)/b40-39-. The van der Waals surface area contributed by atoms with Gasteiger partial charge in [-0.2, -0.15) is 0 Å². The van der Waals surface area contributed by atoms with E-state index in [1.165, 1.54) is 0 Å². The van der Waals surface area contributed by atoms with Gasteiger partial charge in [0.1, 0.15) is 11.5 Å². The topological polar surface area (TPSA) is 38.3 Å². The molecular weight excluding hydrogens is 620 g/mol. The molecule has 46 heavy (non-hydrogen) atoms. The monoisotopic (exact) mass is 653 g/mol. The van der Waals surface area contributed by atoms with E-state index in [-0.39, 0.29) is 6.04 Å². The van der Waals surface area contributed by atoms with Crippen LogP contribution in [-0.2, 0) is 16.4 Å². The molecule has 3 nitrogen and oxygen atoms in total. The van der Waals surface area contributed by atoms with Gasteiger partial charge in [-0.15, -0.1) is 0 Å². The van der Waals surface area contributed by atoms with E-state index in [4.69, 9.17) is 16.5 Å². The number of para-hydroxylation sites is 1. The minimum atomic E-state index is -3.42. The molecule has 7 rings (SSSR count). The summed E-state index contributed by atoms with van der Waals surface area (Å²) in [5.41, 5.74) is 1.91. The van der Waals surface area contributed by atoms with E-state index in [2.05, 4.69) is 35.4 Å². The molecule has 0 amide bonds. The highest BCUT2D eigenvalue weighted by molar-refractivity contribution is 8.20. The van der Waals surface area contributed by atoms with Crippen LogP contribution in [0.5, 0.6) is 5.75 Å². The van der Waals surface area contributed by atoms with Gasteiger partial charge in [0.25, 0.3) is 0 Å². The number of fused-ring (bicyclic) bond motifs is 1. The SMILES string of the molecule is O=P(/C(=C1/CC(NP(=S)(c2ccccc2)c2ccccc2)c2ccccc2O1)c1ccccc1)(c1ccccc1)c1ccccc1. The lowest BCUT2D eigenvalue weighted by Gasteiger charge is -2.36. The molecule has 6 aromatic carbocycles. The molecule has 226 valence electrons. The van der Waals surface area contributed by atoms with Crippen LogP contribution in [0.25, 0.3) is 5.31 Å². The second-order valence-corrected chi connectivity index (χ2v) is 18.1. The van der Waals surface area contributed by atoms with Gasteiger partial charge < -0.3 is 9.30 Å². The highest BCUT2D eigenvalue weighted by atomic mass is 32.4. The molecule has 0 fully saturated rings. The molecule has 1 heterocycles. The van der Waals surface area contributed by atoms with E-state index >= 15 is 4.57 Å². The van der Waals surface area contributed by atoms with Crippen molar-refractivity contribution in [2.75, 3.05) is 0 Å². The smallest absolute Gasteiger partial charge is 0.174 e. The fraction of sp³-hybridized carbons (Fsp3) is 0.0500. The molecule has 1 aliphatic heterocycles. The summed E-state index contributed by atoms with van der Waals surface area (Å²) in [6.45, 7) is 0. The van der Waals surface area contributed by atoms with Crippen molar-refractivity contribution in [3.8, 4) is 5.75 Å². The quantitative estimate of drug-likeness (QED) is 0.167. The average Bonchev–Trinajstić information content (AvgIpc) is 3.13. The Morgan fingerprint density at radius 1 is 0.565 bits per heavy atom. The van der Waals surface area contributed by atoms with Crippen molar-refractivity contribution in [1.29, 1.82) is 0 Å². The maximum absolute atomic E-state index is 16.0. The summed E-state index contributed by atoms with van der Waals surface area (Å²) in [4.78, 5) is 0. The van der Waals surface area contributed by atoms with Crippen LogP contribution in [-0.4, -0.2) is 0 Å². The van der Waals surface area contributed by atoms with Crippen LogP contribution in [0.1, 0.15) is 23.6 Å². The van der Waals surface area contributed by atoms with Gasteiger partial charge in [0.05, 0.1) is 11.5 Å². The maximum atomic E-state index is 16.0. The molecule has 0 saturated heterocycles. The molecule has 1 atom stereocenters. The zero-order valence-electron chi connectivity index (χ0n) is 25.1. The molecule has 0 radical (unpaired) electrons. The minimum Gasteiger partial charge on any atom is -0.460 e. The molecule has 0 bridgehead atoms. The Labute approximate surface area is 276 Å². The van der Waals surface area contributed by atoms with E-state index in [0.29, 0.717) is 17.5 Å². The van der Waals surface area contributed by atoms with Crippen LogP contribution in [0.4, 0.5) is 0 Å². The zero-order valence-corrected chi connectivity index (χ0v) is 27.8. The first-order chi connectivity index (χ1) is 22.6. The van der Waals surface area contributed by atoms with Crippen molar-refractivity contribution in [2.24, 2.45) is 0 Å². The Morgan fingerprint density at radius 2 is 0.978 bits per heavy atom. The minimum absolute atomic E-state index is 0.190. The van der Waals surface area contributed by atoms with Gasteiger partial charge in [-0.25, -0.2) is 0 Å². The van der Waals surface area contributed by atoms with Crippen molar-refractivity contribution in [2.45, 2.75) is 12.5 Å². The van der Waals surface area contributed by atoms with Crippen molar-refractivity contribution >= 4 is 51.7 Å². The second-order valence-electron chi connectivity index (χ2n) is 11.2. The molecule has 1 unspecified atom stereocenters. The average molecular weight is 654 g/mol. The predicted octanol–water partition coefficient (Wildman–Crippen LogP) is 8.53. The summed E-state index contributed by atoms with van der Waals surface area (Å²) in [5, 5.41) is 8.42. The highest BCUT2D eigenvalue weighted by Crippen LogP contribution is 2.60. The summed E-state index contributed by atoms with van der Waals surface area (Å²) in [6.07, 6.45) is -2.02. The van der Waals surface area contributed by atoms with Gasteiger partial charge in [-0.3, -0.25) is 5.09 Å². The van der Waals surface area contributed by atoms with Crippen molar-refractivity contribution in [1.82, 2.24) is 5.09 Å². The third kappa shape index (κ3) is 5.75. The summed E-state index contributed by atoms with van der Waals surface area (Å²) in [6, 6.07) is 58.3. The number of ether oxygens (including phenoxy) is 1. The van der Waals surface area contributed by atoms with E-state index in [0.717, 1.165) is 38.1 Å². The molecule has 1 N–H and O–H groups in total. The molecular formula is C40H33NO2P2S. The molecule has 0 aliphatic carbocycles. The van der Waals surface area contributed by atoms with Crippen LogP contribution in [0.3, 0.4) is 0 Å². The van der Waals surface area contributed by atoms with Gasteiger partial charge in [-0.1, -0.05) is 182 Å². The lowest BCUT2D eigenvalue weighted by molar-refractivity contribution is 0.353. The van der Waals surface area contributed by atoms with Gasteiger partial charge >= 0.3 is 0 Å². The van der Waals surface area contributed by atoms with E-state index in [1.807, 2.05) is 146 Å². The largest absolute Gasteiger partial charge is 0.460 e. The number of benzene rings is 6. The molecule has 0 saturated carbocycles. The number of rotatable bonds is 8. The van der Waals surface area contributed by atoms with Crippen LogP contribution >= 0.6 is 13.3 Å². The number of hydrogen-bond donors (Lipinski definition) is 1. The summed E-state index contributed by atoms with van der Waals surface area (Å²) in [7, 11) is -3.42. The van der Waals surface area contributed by atoms with Crippen LogP contribution in [0, 0.1) is 0 Å². The fourth-order valence-electron chi connectivity index (χ4n) is 6.18. The Balaban J connectivity index is 1.46. The number of hydrogen-bond acceptors (Lipinski definition) is 3. The molecule has 0 spiro atoms. The molecule has 0 aromatic heterocycles. The van der Waals surface area contributed by atoms with Crippen LogP contribution < -0.4 is 31.0 Å². The van der Waals surface area contributed by atoms with Crippen molar-refractivity contribution < 1.29 is 9.30 Å². The van der Waals surface area contributed by atoms with E-state index < -0.39 is 13.3 Å². The third-order valence-electron chi connectivity index (χ3n) is 8.36. The number of nitrogens with one attached hydrogen (secondary N) is 1. The van der Waals surface area contributed by atoms with Gasteiger partial charge in [-0.05, 0) is 11.6 Å². The lowest BCUT2D eigenvalue weighted by atomic mass is 9.99. The first-order valence-corrected chi connectivity index (χ1v) is 19.8. The zero-order chi connectivity index (χ0) is 31.4. The van der Waals surface area contributed by atoms with Crippen molar-refractivity contribution in [3.63, 3.8) is 0 Å². The van der Waals surface area contributed by atoms with Gasteiger partial charge in [0, 0.05) is 39.2 Å². The Morgan fingerprint density at radius 3 is 1.48 bits per heavy atom. The Hall–Kier alpha value is -4.30. The Kier molecular flexibility index (Phi) is 8.71.